The molecule has 2 atom stereocenters. The second kappa shape index (κ2) is 5.75. The summed E-state index contributed by atoms with van der Waals surface area (Å²) < 4.78 is 0. The lowest BCUT2D eigenvalue weighted by molar-refractivity contribution is 0.117. The molecule has 0 aliphatic heterocycles. The van der Waals surface area contributed by atoms with Gasteiger partial charge in [-0.1, -0.05) is 20.8 Å². The van der Waals surface area contributed by atoms with E-state index in [0.717, 1.165) is 6.42 Å². The Morgan fingerprint density at radius 1 is 1.50 bits per heavy atom. The Morgan fingerprint density at radius 2 is 2.19 bits per heavy atom. The Morgan fingerprint density at radius 3 is 2.69 bits per heavy atom. The maximum atomic E-state index is 9.86. The summed E-state index contributed by atoms with van der Waals surface area (Å²) in [6, 6.07) is 0.266. The second-order valence-corrected chi connectivity index (χ2v) is 6.37. The largest absolute Gasteiger partial charge is 0.392 e. The van der Waals surface area contributed by atoms with Gasteiger partial charge in [-0.25, -0.2) is 0 Å². The van der Waals surface area contributed by atoms with E-state index in [0.29, 0.717) is 6.54 Å². The van der Waals surface area contributed by atoms with Gasteiger partial charge in [0, 0.05) is 23.7 Å². The van der Waals surface area contributed by atoms with Gasteiger partial charge in [-0.15, -0.1) is 11.3 Å². The van der Waals surface area contributed by atoms with E-state index < -0.39 is 0 Å². The van der Waals surface area contributed by atoms with Gasteiger partial charge in [0.15, 0.2) is 0 Å². The van der Waals surface area contributed by atoms with Gasteiger partial charge in [0.05, 0.1) is 11.6 Å². The fourth-order valence-electron chi connectivity index (χ4n) is 1.63. The van der Waals surface area contributed by atoms with Crippen LogP contribution in [0.25, 0.3) is 0 Å². The minimum absolute atomic E-state index is 0.175. The molecule has 2 unspecified atom stereocenters. The highest BCUT2D eigenvalue weighted by Gasteiger charge is 2.17. The maximum Gasteiger partial charge on any atom is 0.0794 e. The van der Waals surface area contributed by atoms with Crippen molar-refractivity contribution in [2.24, 2.45) is 5.41 Å². The van der Waals surface area contributed by atoms with Crippen molar-refractivity contribution >= 4 is 11.3 Å². The Hall–Kier alpha value is -0.450. The van der Waals surface area contributed by atoms with Crippen LogP contribution >= 0.6 is 11.3 Å². The summed E-state index contributed by atoms with van der Waals surface area (Å²) in [5.74, 6) is 0. The summed E-state index contributed by atoms with van der Waals surface area (Å²) in [5, 5.41) is 13.2. The first-order chi connectivity index (χ1) is 7.38. The van der Waals surface area contributed by atoms with E-state index in [4.69, 9.17) is 0 Å². The zero-order valence-electron chi connectivity index (χ0n) is 10.5. The first-order valence-electron chi connectivity index (χ1n) is 5.68. The first kappa shape index (κ1) is 13.6. The van der Waals surface area contributed by atoms with E-state index in [2.05, 4.69) is 38.0 Å². The summed E-state index contributed by atoms with van der Waals surface area (Å²) in [5.41, 5.74) is 2.01. The predicted molar refractivity (Wildman–Crippen MR) is 68.6 cm³/mol. The molecule has 2 N–H and O–H groups in total. The number of nitrogens with one attached hydrogen (secondary N) is 1. The van der Waals surface area contributed by atoms with Gasteiger partial charge in [-0.05, 0) is 18.8 Å². The van der Waals surface area contributed by atoms with E-state index in [-0.39, 0.29) is 17.6 Å². The van der Waals surface area contributed by atoms with Gasteiger partial charge in [-0.3, -0.25) is 4.98 Å². The van der Waals surface area contributed by atoms with Crippen LogP contribution in [-0.2, 0) is 0 Å². The molecule has 0 amide bonds. The molecule has 0 fully saturated rings. The van der Waals surface area contributed by atoms with Crippen LogP contribution in [0.4, 0.5) is 0 Å². The number of hydrogen-bond acceptors (Lipinski definition) is 4. The minimum Gasteiger partial charge on any atom is -0.392 e. The standard InChI is InChI=1S/C12H22N2OS/c1-9(11-7-13-8-16-11)14-6-10(15)5-12(2,3)4/h7-10,14-15H,5-6H2,1-4H3. The molecule has 0 aliphatic carbocycles. The Kier molecular flexibility index (Phi) is 4.89. The van der Waals surface area contributed by atoms with Gasteiger partial charge >= 0.3 is 0 Å². The lowest BCUT2D eigenvalue weighted by atomic mass is 9.89. The third kappa shape index (κ3) is 5.05. The van der Waals surface area contributed by atoms with Gasteiger partial charge < -0.3 is 10.4 Å². The number of aliphatic hydroxyl groups is 1. The highest BCUT2D eigenvalue weighted by molar-refractivity contribution is 7.09. The molecule has 1 aromatic rings. The van der Waals surface area contributed by atoms with Crippen LogP contribution in [0.3, 0.4) is 0 Å². The Labute approximate surface area is 102 Å². The maximum absolute atomic E-state index is 9.86. The summed E-state index contributed by atoms with van der Waals surface area (Å²) >= 11 is 1.64. The zero-order valence-corrected chi connectivity index (χ0v) is 11.3. The fraction of sp³-hybridized carbons (Fsp3) is 0.750. The van der Waals surface area contributed by atoms with Crippen molar-refractivity contribution < 1.29 is 5.11 Å². The average molecular weight is 242 g/mol. The molecule has 16 heavy (non-hydrogen) atoms. The number of thiazole rings is 1. The van der Waals surface area contributed by atoms with E-state index >= 15 is 0 Å². The molecule has 0 radical (unpaired) electrons. The average Bonchev–Trinajstić information content (AvgIpc) is 2.64. The van der Waals surface area contributed by atoms with Crippen molar-refractivity contribution in [1.82, 2.24) is 10.3 Å². The lowest BCUT2D eigenvalue weighted by Gasteiger charge is -2.23. The molecule has 0 aromatic carbocycles. The van der Waals surface area contributed by atoms with Gasteiger partial charge in [0.25, 0.3) is 0 Å². The smallest absolute Gasteiger partial charge is 0.0794 e. The Balaban J connectivity index is 2.29. The zero-order chi connectivity index (χ0) is 12.2. The van der Waals surface area contributed by atoms with Crippen molar-refractivity contribution in [3.8, 4) is 0 Å². The molecule has 0 spiro atoms. The monoisotopic (exact) mass is 242 g/mol. The molecule has 1 rings (SSSR count). The lowest BCUT2D eigenvalue weighted by Crippen LogP contribution is -2.31. The first-order valence-corrected chi connectivity index (χ1v) is 6.56. The topological polar surface area (TPSA) is 45.1 Å². The molecule has 0 aliphatic rings. The van der Waals surface area contributed by atoms with E-state index in [1.54, 1.807) is 11.3 Å². The molecule has 92 valence electrons. The third-order valence-electron chi connectivity index (χ3n) is 2.39. The normalized spacial score (nSPS) is 16.1. The highest BCUT2D eigenvalue weighted by Crippen LogP contribution is 2.21. The molecular formula is C12H22N2OS. The number of rotatable bonds is 5. The number of aliphatic hydroxyl groups excluding tert-OH is 1. The second-order valence-electron chi connectivity index (χ2n) is 5.45. The van der Waals surface area contributed by atoms with Crippen LogP contribution in [0, 0.1) is 5.41 Å². The van der Waals surface area contributed by atoms with Crippen LogP contribution < -0.4 is 5.32 Å². The van der Waals surface area contributed by atoms with Crippen molar-refractivity contribution in [2.45, 2.75) is 46.3 Å². The van der Waals surface area contributed by atoms with Crippen LogP contribution in [0.5, 0.6) is 0 Å². The predicted octanol–water partition coefficient (Wildman–Crippen LogP) is 2.59. The van der Waals surface area contributed by atoms with Crippen molar-refractivity contribution in [1.29, 1.82) is 0 Å². The Bertz CT molecular complexity index is 292. The number of aromatic nitrogens is 1. The van der Waals surface area contributed by atoms with Gasteiger partial charge in [0.2, 0.25) is 0 Å². The van der Waals surface area contributed by atoms with Gasteiger partial charge in [-0.2, -0.15) is 0 Å². The summed E-state index contributed by atoms with van der Waals surface area (Å²) in [6.07, 6.45) is 2.41. The third-order valence-corrected chi connectivity index (χ3v) is 3.34. The van der Waals surface area contributed by atoms with Crippen LogP contribution in [0.2, 0.25) is 0 Å². The molecule has 0 saturated carbocycles. The minimum atomic E-state index is -0.282. The van der Waals surface area contributed by atoms with Crippen molar-refractivity contribution in [2.75, 3.05) is 6.54 Å². The molecule has 1 aromatic heterocycles. The van der Waals surface area contributed by atoms with E-state index in [9.17, 15) is 5.11 Å². The SMILES string of the molecule is CC(NCC(O)CC(C)(C)C)c1cncs1. The summed E-state index contributed by atoms with van der Waals surface area (Å²) in [4.78, 5) is 5.26. The highest BCUT2D eigenvalue weighted by atomic mass is 32.1. The fourth-order valence-corrected chi connectivity index (χ4v) is 2.28. The molecule has 0 bridgehead atoms. The molecule has 4 heteroatoms. The quantitative estimate of drug-likeness (QED) is 0.834. The van der Waals surface area contributed by atoms with Crippen LogP contribution in [-0.4, -0.2) is 22.7 Å². The molecule has 1 heterocycles. The van der Waals surface area contributed by atoms with Crippen LogP contribution in [0.15, 0.2) is 11.7 Å². The molecular weight excluding hydrogens is 220 g/mol. The number of hydrogen-bond donors (Lipinski definition) is 2. The molecule has 3 nitrogen and oxygen atoms in total. The molecule has 0 saturated heterocycles. The van der Waals surface area contributed by atoms with Crippen molar-refractivity contribution in [3.63, 3.8) is 0 Å². The summed E-state index contributed by atoms with van der Waals surface area (Å²) in [6.45, 7) is 9.15. The van der Waals surface area contributed by atoms with E-state index in [1.807, 2.05) is 11.7 Å². The van der Waals surface area contributed by atoms with E-state index in [1.165, 1.54) is 4.88 Å². The van der Waals surface area contributed by atoms with Crippen LogP contribution in [0.1, 0.15) is 45.0 Å². The number of nitrogens with zero attached hydrogens (tertiary/aromatic N) is 1. The van der Waals surface area contributed by atoms with Crippen molar-refractivity contribution in [3.05, 3.63) is 16.6 Å². The van der Waals surface area contributed by atoms with Gasteiger partial charge in [0.1, 0.15) is 0 Å². The summed E-state index contributed by atoms with van der Waals surface area (Å²) in [7, 11) is 0.